The van der Waals surface area contributed by atoms with Crippen molar-refractivity contribution >= 4 is 17.2 Å². The molecule has 0 aliphatic carbocycles. The van der Waals surface area contributed by atoms with Gasteiger partial charge in [-0.2, -0.15) is 0 Å². The van der Waals surface area contributed by atoms with Crippen LogP contribution in [0.1, 0.15) is 45.2 Å². The number of amides is 1. The van der Waals surface area contributed by atoms with Crippen LogP contribution in [0.3, 0.4) is 0 Å². The summed E-state index contributed by atoms with van der Waals surface area (Å²) >= 11 is 0. The minimum atomic E-state index is -0.534. The molecule has 1 aliphatic heterocycles. The Morgan fingerprint density at radius 3 is 2.52 bits per heavy atom. The number of benzene rings is 1. The fourth-order valence-electron chi connectivity index (χ4n) is 3.14. The van der Waals surface area contributed by atoms with Gasteiger partial charge in [0.05, 0.1) is 5.52 Å². The van der Waals surface area contributed by atoms with Crippen LogP contribution < -0.4 is 5.76 Å². The molecule has 0 bridgehead atoms. The van der Waals surface area contributed by atoms with E-state index >= 15 is 0 Å². The molecule has 0 atom stereocenters. The van der Waals surface area contributed by atoms with Gasteiger partial charge < -0.3 is 14.1 Å². The Balaban J connectivity index is 1.79. The van der Waals surface area contributed by atoms with Crippen LogP contribution in [0.25, 0.3) is 11.1 Å². The molecule has 1 aromatic heterocycles. The number of likely N-dealkylation sites (tertiary alicyclic amines) is 1. The van der Waals surface area contributed by atoms with Crippen molar-refractivity contribution in [1.82, 2.24) is 9.47 Å². The summed E-state index contributed by atoms with van der Waals surface area (Å²) in [5.74, 6) is -0.885. The molecule has 0 N–H and O–H groups in total. The largest absolute Gasteiger partial charge is 0.444 e. The number of halogens is 1. The van der Waals surface area contributed by atoms with Crippen LogP contribution in [-0.4, -0.2) is 34.3 Å². The van der Waals surface area contributed by atoms with Crippen molar-refractivity contribution in [3.8, 4) is 0 Å². The maximum absolute atomic E-state index is 13.7. The van der Waals surface area contributed by atoms with E-state index in [0.29, 0.717) is 37.0 Å². The zero-order valence-corrected chi connectivity index (χ0v) is 15.0. The summed E-state index contributed by atoms with van der Waals surface area (Å²) in [7, 11) is 0. The Kier molecular flexibility index (Phi) is 4.34. The van der Waals surface area contributed by atoms with Crippen LogP contribution in [0.2, 0.25) is 0 Å². The number of oxazole rings is 1. The highest BCUT2D eigenvalue weighted by atomic mass is 19.1. The summed E-state index contributed by atoms with van der Waals surface area (Å²) in [5.41, 5.74) is 0.781. The SMILES string of the molecule is Cc1cc2c(cc1F)oc(=O)n2C1CCN(C(=O)OC(C)(C)C)CC1. The molecular weight excluding hydrogens is 327 g/mol. The first-order chi connectivity index (χ1) is 11.7. The van der Waals surface area contributed by atoms with Gasteiger partial charge in [-0.1, -0.05) is 0 Å². The van der Waals surface area contributed by atoms with Crippen LogP contribution in [0, 0.1) is 12.7 Å². The number of ether oxygens (including phenoxy) is 1. The maximum Gasteiger partial charge on any atom is 0.420 e. The van der Waals surface area contributed by atoms with E-state index in [9.17, 15) is 14.0 Å². The predicted molar refractivity (Wildman–Crippen MR) is 91.2 cm³/mol. The average Bonchev–Trinajstić information content (AvgIpc) is 2.81. The fraction of sp³-hybridized carbons (Fsp3) is 0.556. The Bertz CT molecular complexity index is 854. The fourth-order valence-corrected chi connectivity index (χ4v) is 3.14. The summed E-state index contributed by atoms with van der Waals surface area (Å²) in [6.07, 6.45) is 0.891. The molecule has 2 aromatic rings. The van der Waals surface area contributed by atoms with Gasteiger partial charge in [-0.15, -0.1) is 0 Å². The highest BCUT2D eigenvalue weighted by molar-refractivity contribution is 5.74. The molecule has 0 saturated carbocycles. The third kappa shape index (κ3) is 3.55. The molecule has 0 radical (unpaired) electrons. The van der Waals surface area contributed by atoms with E-state index in [1.165, 1.54) is 6.07 Å². The number of piperidine rings is 1. The van der Waals surface area contributed by atoms with Crippen molar-refractivity contribution in [2.45, 2.75) is 52.2 Å². The van der Waals surface area contributed by atoms with Gasteiger partial charge in [0.2, 0.25) is 0 Å². The van der Waals surface area contributed by atoms with E-state index < -0.39 is 17.2 Å². The lowest BCUT2D eigenvalue weighted by atomic mass is 10.0. The molecule has 1 aliphatic rings. The maximum atomic E-state index is 13.7. The highest BCUT2D eigenvalue weighted by Gasteiger charge is 2.29. The quantitative estimate of drug-likeness (QED) is 0.788. The average molecular weight is 350 g/mol. The van der Waals surface area contributed by atoms with Gasteiger partial charge in [0.1, 0.15) is 11.4 Å². The molecule has 6 nitrogen and oxygen atoms in total. The van der Waals surface area contributed by atoms with Crippen molar-refractivity contribution in [2.75, 3.05) is 13.1 Å². The zero-order valence-electron chi connectivity index (χ0n) is 15.0. The number of fused-ring (bicyclic) bond motifs is 1. The van der Waals surface area contributed by atoms with Gasteiger partial charge in [-0.3, -0.25) is 4.57 Å². The van der Waals surface area contributed by atoms with Gasteiger partial charge in [-0.25, -0.2) is 14.0 Å². The van der Waals surface area contributed by atoms with Crippen LogP contribution in [0.5, 0.6) is 0 Å². The molecule has 7 heteroatoms. The number of hydrogen-bond donors (Lipinski definition) is 0. The molecule has 0 unspecified atom stereocenters. The molecule has 25 heavy (non-hydrogen) atoms. The standard InChI is InChI=1S/C18H23FN2O4/c1-11-9-14-15(10-13(11)19)24-17(23)21(14)12-5-7-20(8-6-12)16(22)25-18(2,3)4/h9-10,12H,5-8H2,1-4H3. The minimum Gasteiger partial charge on any atom is -0.444 e. The molecule has 1 amide bonds. The second-order valence-corrected chi connectivity index (χ2v) is 7.51. The number of nitrogens with zero attached hydrogens (tertiary/aromatic N) is 2. The van der Waals surface area contributed by atoms with E-state index in [2.05, 4.69) is 0 Å². The summed E-state index contributed by atoms with van der Waals surface area (Å²) in [5, 5.41) is 0. The Hall–Kier alpha value is -2.31. The van der Waals surface area contributed by atoms with E-state index in [-0.39, 0.29) is 17.7 Å². The van der Waals surface area contributed by atoms with Crippen LogP contribution >= 0.6 is 0 Å². The van der Waals surface area contributed by atoms with Gasteiger partial charge in [0.25, 0.3) is 0 Å². The lowest BCUT2D eigenvalue weighted by Crippen LogP contribution is -2.42. The summed E-state index contributed by atoms with van der Waals surface area (Å²) in [4.78, 5) is 26.0. The van der Waals surface area contributed by atoms with Gasteiger partial charge in [0.15, 0.2) is 5.58 Å². The minimum absolute atomic E-state index is 0.0858. The van der Waals surface area contributed by atoms with E-state index in [4.69, 9.17) is 9.15 Å². The highest BCUT2D eigenvalue weighted by Crippen LogP contribution is 2.27. The number of aromatic nitrogens is 1. The van der Waals surface area contributed by atoms with Crippen LogP contribution in [-0.2, 0) is 4.74 Å². The van der Waals surface area contributed by atoms with Crippen molar-refractivity contribution in [2.24, 2.45) is 0 Å². The third-order valence-corrected chi connectivity index (χ3v) is 4.38. The molecule has 1 saturated heterocycles. The first-order valence-electron chi connectivity index (χ1n) is 8.45. The third-order valence-electron chi connectivity index (χ3n) is 4.38. The van der Waals surface area contributed by atoms with E-state index in [0.717, 1.165) is 0 Å². The van der Waals surface area contributed by atoms with Crippen molar-refractivity contribution in [3.05, 3.63) is 34.1 Å². The topological polar surface area (TPSA) is 64.7 Å². The van der Waals surface area contributed by atoms with Gasteiger partial charge in [0, 0.05) is 25.2 Å². The molecule has 3 rings (SSSR count). The Morgan fingerprint density at radius 1 is 1.28 bits per heavy atom. The van der Waals surface area contributed by atoms with Gasteiger partial charge >= 0.3 is 11.8 Å². The first kappa shape index (κ1) is 17.5. The van der Waals surface area contributed by atoms with Crippen molar-refractivity contribution in [1.29, 1.82) is 0 Å². The number of carbonyl (C=O) groups excluding carboxylic acids is 1. The number of aryl methyl sites for hydroxylation is 1. The Labute approximate surface area is 145 Å². The molecular formula is C18H23FN2O4. The number of hydrogen-bond acceptors (Lipinski definition) is 4. The molecule has 1 fully saturated rings. The number of carbonyl (C=O) groups is 1. The molecule has 1 aromatic carbocycles. The van der Waals surface area contributed by atoms with Crippen LogP contribution in [0.4, 0.5) is 9.18 Å². The zero-order chi connectivity index (χ0) is 18.4. The van der Waals surface area contributed by atoms with Crippen LogP contribution in [0.15, 0.2) is 21.3 Å². The summed E-state index contributed by atoms with van der Waals surface area (Å²) < 4.78 is 25.8. The molecule has 2 heterocycles. The summed E-state index contributed by atoms with van der Waals surface area (Å²) in [6.45, 7) is 8.14. The second kappa shape index (κ2) is 6.20. The second-order valence-electron chi connectivity index (χ2n) is 7.51. The monoisotopic (exact) mass is 350 g/mol. The lowest BCUT2D eigenvalue weighted by molar-refractivity contribution is 0.0188. The summed E-state index contributed by atoms with van der Waals surface area (Å²) in [6, 6.07) is 2.80. The molecule has 136 valence electrons. The van der Waals surface area contributed by atoms with Gasteiger partial charge in [-0.05, 0) is 52.2 Å². The van der Waals surface area contributed by atoms with Crippen molar-refractivity contribution in [3.63, 3.8) is 0 Å². The first-order valence-corrected chi connectivity index (χ1v) is 8.45. The van der Waals surface area contributed by atoms with E-state index in [1.54, 1.807) is 22.5 Å². The molecule has 0 spiro atoms. The predicted octanol–water partition coefficient (Wildman–Crippen LogP) is 3.61. The normalized spacial score (nSPS) is 16.4. The lowest BCUT2D eigenvalue weighted by Gasteiger charge is -2.33. The Morgan fingerprint density at radius 2 is 1.92 bits per heavy atom. The smallest absolute Gasteiger partial charge is 0.420 e. The van der Waals surface area contributed by atoms with E-state index in [1.807, 2.05) is 20.8 Å². The van der Waals surface area contributed by atoms with Crippen molar-refractivity contribution < 1.29 is 18.3 Å². The number of rotatable bonds is 1.